The number of carbonyl (C=O) groups excluding carboxylic acids is 1. The van der Waals surface area contributed by atoms with Crippen LogP contribution in [0.25, 0.3) is 0 Å². The summed E-state index contributed by atoms with van der Waals surface area (Å²) in [7, 11) is 0. The van der Waals surface area contributed by atoms with Gasteiger partial charge < -0.3 is 22.3 Å². The lowest BCUT2D eigenvalue weighted by Crippen LogP contribution is -3.00. The van der Waals surface area contributed by atoms with Crippen LogP contribution in [-0.2, 0) is 4.79 Å². The number of aromatic nitrogens is 1. The molecule has 1 aliphatic rings. The van der Waals surface area contributed by atoms with Crippen LogP contribution in [0.1, 0.15) is 26.2 Å². The first-order valence-corrected chi connectivity index (χ1v) is 5.60. The third-order valence-electron chi connectivity index (χ3n) is 3.31. The quantitative estimate of drug-likeness (QED) is 0.566. The Morgan fingerprint density at radius 1 is 1.47 bits per heavy atom. The van der Waals surface area contributed by atoms with Crippen LogP contribution in [-0.4, -0.2) is 18.1 Å². The van der Waals surface area contributed by atoms with Gasteiger partial charge in [0.05, 0.1) is 18.7 Å². The third kappa shape index (κ3) is 2.52. The maximum Gasteiger partial charge on any atom is 0.275 e. The summed E-state index contributed by atoms with van der Waals surface area (Å²) >= 11 is 0. The predicted octanol–water partition coefficient (Wildman–Crippen LogP) is -3.00. The molecule has 94 valence electrons. The molecule has 0 aliphatic carbocycles. The summed E-state index contributed by atoms with van der Waals surface area (Å²) in [5.41, 5.74) is -0.893. The topological polar surface area (TPSA) is 57.5 Å². The zero-order valence-corrected chi connectivity index (χ0v) is 10.5. The maximum atomic E-state index is 11.3. The van der Waals surface area contributed by atoms with Gasteiger partial charge in [0.25, 0.3) is 5.82 Å². The number of carbonyl (C=O) groups is 1. The average Bonchev–Trinajstić information content (AvgIpc) is 2.30. The first kappa shape index (κ1) is 13.8. The first-order valence-electron chi connectivity index (χ1n) is 5.60. The van der Waals surface area contributed by atoms with Crippen LogP contribution in [0.3, 0.4) is 0 Å². The van der Waals surface area contributed by atoms with E-state index in [9.17, 15) is 9.90 Å². The second-order valence-electron chi connectivity index (χ2n) is 4.42. The number of piperidine rings is 1. The van der Waals surface area contributed by atoms with Crippen LogP contribution in [0.4, 0.5) is 5.82 Å². The molecule has 1 unspecified atom stereocenters. The zero-order chi connectivity index (χ0) is 11.6. The van der Waals surface area contributed by atoms with E-state index >= 15 is 0 Å². The van der Waals surface area contributed by atoms with Crippen LogP contribution >= 0.6 is 0 Å². The summed E-state index contributed by atoms with van der Waals surface area (Å²) in [6.45, 7) is 2.49. The van der Waals surface area contributed by atoms with Crippen LogP contribution in [0.15, 0.2) is 24.4 Å². The molecule has 17 heavy (non-hydrogen) atoms. The van der Waals surface area contributed by atoms with Crippen molar-refractivity contribution in [2.75, 3.05) is 11.4 Å². The number of hydrogen-bond acceptors (Lipinski definition) is 3. The number of rotatable bonds is 2. The monoisotopic (exact) mass is 255 g/mol. The SMILES string of the molecule is CC1(C(=O)[O-])CCCCN1c1cccc[nH+]1.[Cl-]. The second kappa shape index (κ2) is 5.36. The smallest absolute Gasteiger partial charge is 0.275 e. The Morgan fingerprint density at radius 3 is 2.82 bits per heavy atom. The second-order valence-corrected chi connectivity index (χ2v) is 4.42. The number of carboxylic acid groups (broad SMARTS) is 1. The van der Waals surface area contributed by atoms with Gasteiger partial charge in [0.1, 0.15) is 5.54 Å². The molecule has 1 N–H and O–H groups in total. The van der Waals surface area contributed by atoms with Crippen molar-refractivity contribution in [3.05, 3.63) is 24.4 Å². The van der Waals surface area contributed by atoms with Crippen molar-refractivity contribution >= 4 is 11.8 Å². The standard InChI is InChI=1S/C12H16N2O2.ClH/c1-12(11(15)16)7-3-5-9-14(12)10-6-2-4-8-13-10;/h2,4,6,8H,3,5,7,9H2,1H3,(H,15,16);1H/p-1. The molecule has 1 fully saturated rings. The summed E-state index contributed by atoms with van der Waals surface area (Å²) in [6.07, 6.45) is 4.40. The number of nitrogens with one attached hydrogen (secondary N) is 1. The maximum absolute atomic E-state index is 11.3. The molecule has 1 atom stereocenters. The van der Waals surface area contributed by atoms with Gasteiger partial charge in [-0.05, 0) is 32.3 Å². The molecule has 1 aliphatic heterocycles. The van der Waals surface area contributed by atoms with Crippen molar-refractivity contribution in [1.82, 2.24) is 0 Å². The summed E-state index contributed by atoms with van der Waals surface area (Å²) in [6, 6.07) is 5.67. The van der Waals surface area contributed by atoms with E-state index in [4.69, 9.17) is 0 Å². The largest absolute Gasteiger partial charge is 1.00 e. The molecule has 4 nitrogen and oxygen atoms in total. The van der Waals surface area contributed by atoms with Crippen molar-refractivity contribution in [2.45, 2.75) is 31.7 Å². The molecule has 0 bridgehead atoms. The summed E-state index contributed by atoms with van der Waals surface area (Å²) in [5.74, 6) is -0.154. The van der Waals surface area contributed by atoms with Crippen molar-refractivity contribution in [2.24, 2.45) is 0 Å². The van der Waals surface area contributed by atoms with E-state index in [1.54, 1.807) is 13.1 Å². The molecule has 1 aromatic rings. The Labute approximate surface area is 107 Å². The molecular weight excluding hydrogens is 240 g/mol. The molecule has 0 aromatic carbocycles. The number of carboxylic acids is 1. The van der Waals surface area contributed by atoms with Crippen molar-refractivity contribution in [3.63, 3.8) is 0 Å². The molecule has 5 heteroatoms. The fraction of sp³-hybridized carbons (Fsp3) is 0.500. The predicted molar refractivity (Wildman–Crippen MR) is 57.6 cm³/mol. The van der Waals surface area contributed by atoms with Crippen LogP contribution in [0.2, 0.25) is 0 Å². The van der Waals surface area contributed by atoms with Crippen LogP contribution in [0, 0.1) is 0 Å². The molecular formula is C12H16ClN2O2-. The number of hydrogen-bond donors (Lipinski definition) is 0. The minimum absolute atomic E-state index is 0. The number of aliphatic carboxylic acids is 1. The van der Waals surface area contributed by atoms with Gasteiger partial charge >= 0.3 is 0 Å². The number of aromatic amines is 1. The van der Waals surface area contributed by atoms with E-state index in [0.29, 0.717) is 6.42 Å². The van der Waals surface area contributed by atoms with Gasteiger partial charge in [-0.25, -0.2) is 4.98 Å². The lowest BCUT2D eigenvalue weighted by atomic mass is 9.88. The molecule has 0 spiro atoms. The fourth-order valence-corrected chi connectivity index (χ4v) is 2.27. The minimum atomic E-state index is -0.996. The molecule has 1 saturated heterocycles. The van der Waals surface area contributed by atoms with Gasteiger partial charge in [0.15, 0.2) is 0 Å². The highest BCUT2D eigenvalue weighted by atomic mass is 35.5. The fourth-order valence-electron chi connectivity index (χ4n) is 2.27. The van der Waals surface area contributed by atoms with Crippen molar-refractivity contribution in [3.8, 4) is 0 Å². The van der Waals surface area contributed by atoms with Gasteiger partial charge in [-0.1, -0.05) is 6.07 Å². The van der Waals surface area contributed by atoms with Crippen molar-refractivity contribution in [1.29, 1.82) is 0 Å². The van der Waals surface area contributed by atoms with Gasteiger partial charge in [-0.3, -0.25) is 4.90 Å². The summed E-state index contributed by atoms with van der Waals surface area (Å²) in [5, 5.41) is 11.3. The average molecular weight is 256 g/mol. The molecule has 0 saturated carbocycles. The third-order valence-corrected chi connectivity index (χ3v) is 3.31. The van der Waals surface area contributed by atoms with E-state index in [1.807, 2.05) is 23.1 Å². The van der Waals surface area contributed by atoms with Gasteiger partial charge in [-0.2, -0.15) is 0 Å². The zero-order valence-electron chi connectivity index (χ0n) is 9.78. The lowest BCUT2D eigenvalue weighted by Gasteiger charge is -2.40. The highest BCUT2D eigenvalue weighted by molar-refractivity contribution is 5.80. The van der Waals surface area contributed by atoms with Gasteiger partial charge in [0, 0.05) is 6.07 Å². The Morgan fingerprint density at radius 2 is 2.24 bits per heavy atom. The highest BCUT2D eigenvalue weighted by Gasteiger charge is 2.42. The Hall–Kier alpha value is -1.29. The highest BCUT2D eigenvalue weighted by Crippen LogP contribution is 2.30. The summed E-state index contributed by atoms with van der Waals surface area (Å²) < 4.78 is 0. The van der Waals surface area contributed by atoms with Gasteiger partial charge in [0.2, 0.25) is 0 Å². The number of H-pyrrole nitrogens is 1. The van der Waals surface area contributed by atoms with E-state index in [0.717, 1.165) is 25.2 Å². The summed E-state index contributed by atoms with van der Waals surface area (Å²) in [4.78, 5) is 16.3. The van der Waals surface area contributed by atoms with Crippen molar-refractivity contribution < 1.29 is 27.3 Å². The Balaban J connectivity index is 0.00000144. The molecule has 0 amide bonds. The normalized spacial score (nSPS) is 23.9. The van der Waals surface area contributed by atoms with E-state index in [2.05, 4.69) is 4.98 Å². The molecule has 0 radical (unpaired) electrons. The number of nitrogens with zero attached hydrogens (tertiary/aromatic N) is 1. The minimum Gasteiger partial charge on any atom is -1.00 e. The van der Waals surface area contributed by atoms with Crippen LogP contribution in [0.5, 0.6) is 0 Å². The number of pyridine rings is 1. The molecule has 2 heterocycles. The van der Waals surface area contributed by atoms with Gasteiger partial charge in [-0.15, -0.1) is 0 Å². The molecule has 2 rings (SSSR count). The Bertz CT molecular complexity index is 385. The van der Waals surface area contributed by atoms with E-state index in [-0.39, 0.29) is 12.4 Å². The Kier molecular flexibility index (Phi) is 4.34. The van der Waals surface area contributed by atoms with E-state index in [1.165, 1.54) is 0 Å². The lowest BCUT2D eigenvalue weighted by molar-refractivity contribution is -0.366. The van der Waals surface area contributed by atoms with E-state index < -0.39 is 11.5 Å². The first-order chi connectivity index (χ1) is 7.64. The number of anilines is 1. The molecule has 1 aromatic heterocycles. The number of halogens is 1. The van der Waals surface area contributed by atoms with Crippen LogP contribution < -0.4 is 27.4 Å².